The van der Waals surface area contributed by atoms with Gasteiger partial charge in [-0.15, -0.1) is 0 Å². The molecule has 0 aliphatic rings. The Hall–Kier alpha value is -1.96. The Morgan fingerprint density at radius 2 is 1.79 bits per heavy atom. The molecule has 0 fully saturated rings. The van der Waals surface area contributed by atoms with Gasteiger partial charge in [-0.25, -0.2) is 17.6 Å². The number of aliphatic hydroxyl groups excluding tert-OH is 1. The number of benzene rings is 1. The van der Waals surface area contributed by atoms with Crippen LogP contribution in [0.3, 0.4) is 0 Å². The smallest absolute Gasteiger partial charge is 0.264 e. The molecule has 1 atom stereocenters. The van der Waals surface area contributed by atoms with Gasteiger partial charge >= 0.3 is 0 Å². The van der Waals surface area contributed by atoms with Gasteiger partial charge in [0.1, 0.15) is 17.7 Å². The van der Waals surface area contributed by atoms with E-state index in [4.69, 9.17) is 5.11 Å². The van der Waals surface area contributed by atoms with Crippen molar-refractivity contribution < 1.29 is 27.2 Å². The number of hydrogen-bond donors (Lipinski definition) is 1. The first kappa shape index (κ1) is 13.5. The van der Waals surface area contributed by atoms with E-state index in [1.807, 2.05) is 0 Å². The highest BCUT2D eigenvalue weighted by molar-refractivity contribution is 5.54. The van der Waals surface area contributed by atoms with Crippen molar-refractivity contribution in [3.05, 3.63) is 35.7 Å². The van der Waals surface area contributed by atoms with E-state index in [9.17, 15) is 17.6 Å². The summed E-state index contributed by atoms with van der Waals surface area (Å²) in [4.78, 5) is 3.68. The zero-order chi connectivity index (χ0) is 14.0. The molecule has 102 valence electrons. The van der Waals surface area contributed by atoms with Crippen LogP contribution < -0.4 is 0 Å². The molecule has 1 heterocycles. The van der Waals surface area contributed by atoms with E-state index in [1.54, 1.807) is 0 Å². The largest absolute Gasteiger partial charge is 0.387 e. The van der Waals surface area contributed by atoms with E-state index in [-0.39, 0.29) is 17.3 Å². The van der Waals surface area contributed by atoms with E-state index >= 15 is 0 Å². The number of nitrogens with zero attached hydrogens (tertiary/aromatic N) is 2. The molecular formula is C11H8F4N2O2. The summed E-state index contributed by atoms with van der Waals surface area (Å²) in [6.45, 7) is 0. The molecule has 8 heteroatoms. The lowest BCUT2D eigenvalue weighted by atomic mass is 10.2. The fourth-order valence-corrected chi connectivity index (χ4v) is 1.41. The van der Waals surface area contributed by atoms with Crippen LogP contribution in [0.2, 0.25) is 0 Å². The molecule has 1 unspecified atom stereocenters. The molecule has 2 aromatic rings. The van der Waals surface area contributed by atoms with Crippen LogP contribution in [-0.4, -0.2) is 27.8 Å². The van der Waals surface area contributed by atoms with Crippen molar-refractivity contribution in [3.63, 3.8) is 0 Å². The Morgan fingerprint density at radius 3 is 2.37 bits per heavy atom. The van der Waals surface area contributed by atoms with Gasteiger partial charge in [-0.2, -0.15) is 4.98 Å². The van der Waals surface area contributed by atoms with Crippen LogP contribution in [0.5, 0.6) is 0 Å². The fraction of sp³-hybridized carbons (Fsp3) is 0.273. The quantitative estimate of drug-likeness (QED) is 0.869. The van der Waals surface area contributed by atoms with Crippen LogP contribution in [-0.2, 0) is 6.42 Å². The molecule has 2 rings (SSSR count). The molecule has 0 spiro atoms. The first-order chi connectivity index (χ1) is 8.95. The van der Waals surface area contributed by atoms with Crippen molar-refractivity contribution in [2.75, 3.05) is 0 Å². The van der Waals surface area contributed by atoms with E-state index in [2.05, 4.69) is 14.7 Å². The fourth-order valence-electron chi connectivity index (χ4n) is 1.41. The Bertz CT molecular complexity index is 553. The first-order valence-electron chi connectivity index (χ1n) is 5.21. The summed E-state index contributed by atoms with van der Waals surface area (Å²) in [6, 6.07) is 2.62. The van der Waals surface area contributed by atoms with Crippen LogP contribution in [0.15, 0.2) is 22.7 Å². The molecule has 0 radical (unpaired) electrons. The molecule has 0 amide bonds. The normalized spacial score (nSPS) is 12.9. The first-order valence-corrected chi connectivity index (χ1v) is 5.21. The van der Waals surface area contributed by atoms with Gasteiger partial charge in [-0.1, -0.05) is 5.16 Å². The second-order valence-electron chi connectivity index (χ2n) is 3.78. The van der Waals surface area contributed by atoms with Gasteiger partial charge in [0, 0.05) is 11.6 Å². The lowest BCUT2D eigenvalue weighted by Crippen LogP contribution is -2.20. The SMILES string of the molecule is OC(Cc1nc(-c2cc(F)cc(F)c2)no1)C(F)F. The zero-order valence-electron chi connectivity index (χ0n) is 9.36. The van der Waals surface area contributed by atoms with E-state index in [1.165, 1.54) is 0 Å². The Kier molecular flexibility index (Phi) is 3.79. The zero-order valence-corrected chi connectivity index (χ0v) is 9.36. The van der Waals surface area contributed by atoms with Crippen molar-refractivity contribution in [2.24, 2.45) is 0 Å². The van der Waals surface area contributed by atoms with Crippen molar-refractivity contribution in [2.45, 2.75) is 19.0 Å². The number of hydrogen-bond acceptors (Lipinski definition) is 4. The van der Waals surface area contributed by atoms with Crippen molar-refractivity contribution in [1.29, 1.82) is 0 Å². The second-order valence-corrected chi connectivity index (χ2v) is 3.78. The van der Waals surface area contributed by atoms with Gasteiger partial charge in [0.05, 0.1) is 6.42 Å². The number of aromatic nitrogens is 2. The summed E-state index contributed by atoms with van der Waals surface area (Å²) >= 11 is 0. The Balaban J connectivity index is 2.21. The van der Waals surface area contributed by atoms with Gasteiger partial charge in [0.15, 0.2) is 0 Å². The average Bonchev–Trinajstić information content (AvgIpc) is 2.76. The molecule has 0 aliphatic heterocycles. The highest BCUT2D eigenvalue weighted by atomic mass is 19.3. The number of rotatable bonds is 4. The molecular weight excluding hydrogens is 268 g/mol. The number of alkyl halides is 2. The minimum absolute atomic E-state index is 0.0130. The number of halogens is 4. The van der Waals surface area contributed by atoms with Crippen molar-refractivity contribution in [1.82, 2.24) is 10.1 Å². The lowest BCUT2D eigenvalue weighted by Gasteiger charge is -2.04. The summed E-state index contributed by atoms with van der Waals surface area (Å²) in [6.07, 6.45) is -5.41. The minimum atomic E-state index is -2.94. The Morgan fingerprint density at radius 1 is 1.16 bits per heavy atom. The molecule has 0 bridgehead atoms. The molecule has 1 N–H and O–H groups in total. The van der Waals surface area contributed by atoms with Gasteiger partial charge in [0.2, 0.25) is 11.7 Å². The molecule has 1 aromatic carbocycles. The summed E-state index contributed by atoms with van der Waals surface area (Å²) < 4.78 is 54.8. The highest BCUT2D eigenvalue weighted by Gasteiger charge is 2.21. The maximum atomic E-state index is 13.0. The molecule has 19 heavy (non-hydrogen) atoms. The van der Waals surface area contributed by atoms with Gasteiger partial charge in [-0.05, 0) is 12.1 Å². The molecule has 0 aliphatic carbocycles. The average molecular weight is 276 g/mol. The Labute approximate surface area is 104 Å². The molecule has 4 nitrogen and oxygen atoms in total. The van der Waals surface area contributed by atoms with Crippen LogP contribution in [0.25, 0.3) is 11.4 Å². The summed E-state index contributed by atoms with van der Waals surface area (Å²) in [5.74, 6) is -2.04. The van der Waals surface area contributed by atoms with Crippen LogP contribution >= 0.6 is 0 Å². The molecule has 0 saturated carbocycles. The van der Waals surface area contributed by atoms with Crippen molar-refractivity contribution >= 4 is 0 Å². The molecule has 0 saturated heterocycles. The topological polar surface area (TPSA) is 59.2 Å². The maximum Gasteiger partial charge on any atom is 0.264 e. The number of aliphatic hydroxyl groups is 1. The van der Waals surface area contributed by atoms with Crippen LogP contribution in [0, 0.1) is 11.6 Å². The summed E-state index contributed by atoms with van der Waals surface area (Å²) in [5, 5.41) is 12.4. The third-order valence-electron chi connectivity index (χ3n) is 2.26. The van der Waals surface area contributed by atoms with Crippen LogP contribution in [0.1, 0.15) is 5.89 Å². The lowest BCUT2D eigenvalue weighted by molar-refractivity contribution is -0.00754. The predicted octanol–water partition coefficient (Wildman–Crippen LogP) is 2.18. The standard InChI is InChI=1S/C11H8F4N2O2/c12-6-1-5(2-7(13)3-6)11-16-9(19-17-11)4-8(18)10(14)15/h1-3,8,10,18H,4H2. The van der Waals surface area contributed by atoms with Crippen LogP contribution in [0.4, 0.5) is 17.6 Å². The predicted molar refractivity (Wildman–Crippen MR) is 55.4 cm³/mol. The maximum absolute atomic E-state index is 13.0. The third-order valence-corrected chi connectivity index (χ3v) is 2.26. The monoisotopic (exact) mass is 276 g/mol. The summed E-state index contributed by atoms with van der Waals surface area (Å²) in [7, 11) is 0. The van der Waals surface area contributed by atoms with E-state index in [0.29, 0.717) is 6.07 Å². The van der Waals surface area contributed by atoms with Gasteiger partial charge in [-0.3, -0.25) is 0 Å². The highest BCUT2D eigenvalue weighted by Crippen LogP contribution is 2.19. The summed E-state index contributed by atoms with van der Waals surface area (Å²) in [5.41, 5.74) is 0.0130. The second kappa shape index (κ2) is 5.35. The van der Waals surface area contributed by atoms with E-state index < -0.39 is 30.6 Å². The van der Waals surface area contributed by atoms with Crippen molar-refractivity contribution in [3.8, 4) is 11.4 Å². The van der Waals surface area contributed by atoms with Gasteiger partial charge < -0.3 is 9.63 Å². The van der Waals surface area contributed by atoms with E-state index in [0.717, 1.165) is 12.1 Å². The third kappa shape index (κ3) is 3.28. The van der Waals surface area contributed by atoms with Gasteiger partial charge in [0.25, 0.3) is 6.43 Å². The minimum Gasteiger partial charge on any atom is -0.387 e. The molecule has 1 aromatic heterocycles.